The van der Waals surface area contributed by atoms with Gasteiger partial charge in [0.25, 0.3) is 0 Å². The first-order valence-electron chi connectivity index (χ1n) is 5.94. The highest BCUT2D eigenvalue weighted by atomic mass is 79.9. The predicted molar refractivity (Wildman–Crippen MR) is 72.2 cm³/mol. The summed E-state index contributed by atoms with van der Waals surface area (Å²) < 4.78 is 4.49. The number of benzene rings is 1. The summed E-state index contributed by atoms with van der Waals surface area (Å²) in [4.78, 5) is 11.7. The molecule has 5 heteroatoms. The summed E-state index contributed by atoms with van der Waals surface area (Å²) in [5.41, 5.74) is 2.37. The lowest BCUT2D eigenvalue weighted by Gasteiger charge is -2.18. The van der Waals surface area contributed by atoms with Crippen molar-refractivity contribution in [2.45, 2.75) is 40.0 Å². The summed E-state index contributed by atoms with van der Waals surface area (Å²) in [6.45, 7) is 5.75. The van der Waals surface area contributed by atoms with Gasteiger partial charge in [0.2, 0.25) is 0 Å². The van der Waals surface area contributed by atoms with Gasteiger partial charge in [0.1, 0.15) is 5.56 Å². The van der Waals surface area contributed by atoms with Crippen molar-refractivity contribution in [3.05, 3.63) is 22.3 Å². The zero-order chi connectivity index (χ0) is 13.9. The van der Waals surface area contributed by atoms with E-state index in [9.17, 15) is 15.0 Å². The molecule has 0 atom stereocenters. The Morgan fingerprint density at radius 3 is 1.89 bits per heavy atom. The van der Waals surface area contributed by atoms with Crippen LogP contribution in [0.5, 0.6) is 11.5 Å². The summed E-state index contributed by atoms with van der Waals surface area (Å²) in [6, 6.07) is 0. The van der Waals surface area contributed by atoms with Crippen LogP contribution in [0.2, 0.25) is 0 Å². The molecule has 4 nitrogen and oxygen atoms in total. The molecule has 2 N–H and O–H groups in total. The second-order valence-electron chi connectivity index (χ2n) is 3.93. The van der Waals surface area contributed by atoms with Crippen LogP contribution in [-0.4, -0.2) is 16.2 Å². The van der Waals surface area contributed by atoms with Gasteiger partial charge >= 0.3 is 5.97 Å². The molecule has 1 aromatic carbocycles. The van der Waals surface area contributed by atoms with Crippen molar-refractivity contribution in [3.8, 4) is 11.5 Å². The third-order valence-electron chi connectivity index (χ3n) is 3.11. The molecule has 0 aliphatic rings. The molecule has 0 aromatic heterocycles. The van der Waals surface area contributed by atoms with Crippen LogP contribution in [0.3, 0.4) is 0 Å². The van der Waals surface area contributed by atoms with E-state index in [1.807, 2.05) is 20.8 Å². The number of phenols is 2. The molecule has 0 radical (unpaired) electrons. The van der Waals surface area contributed by atoms with E-state index < -0.39 is 11.7 Å². The molecule has 1 rings (SSSR count). The first kappa shape index (κ1) is 14.8. The minimum absolute atomic E-state index is 0.0425. The Balaban J connectivity index is 3.71. The van der Waals surface area contributed by atoms with E-state index in [4.69, 9.17) is 0 Å². The fourth-order valence-electron chi connectivity index (χ4n) is 2.34. The highest BCUT2D eigenvalue weighted by molar-refractivity contribution is 9.06. The van der Waals surface area contributed by atoms with Gasteiger partial charge in [-0.05, 0) is 30.4 Å². The Bertz CT molecular complexity index is 469. The molecule has 0 spiro atoms. The summed E-state index contributed by atoms with van der Waals surface area (Å²) in [5.74, 6) is -1.32. The van der Waals surface area contributed by atoms with Gasteiger partial charge < -0.3 is 14.0 Å². The van der Waals surface area contributed by atoms with Gasteiger partial charge in [0.05, 0.1) is 0 Å². The molecular weight excluding hydrogens is 300 g/mol. The van der Waals surface area contributed by atoms with Crippen LogP contribution in [0.15, 0.2) is 0 Å². The van der Waals surface area contributed by atoms with Crippen LogP contribution in [0, 0.1) is 0 Å². The Morgan fingerprint density at radius 2 is 1.50 bits per heavy atom. The van der Waals surface area contributed by atoms with Gasteiger partial charge in [-0.1, -0.05) is 20.8 Å². The highest BCUT2D eigenvalue weighted by Gasteiger charge is 2.25. The molecule has 0 unspecified atom stereocenters. The molecule has 100 valence electrons. The molecule has 0 bridgehead atoms. The number of aromatic hydroxyl groups is 2. The van der Waals surface area contributed by atoms with Crippen molar-refractivity contribution in [1.29, 1.82) is 0 Å². The third kappa shape index (κ3) is 2.32. The SMILES string of the molecule is CCc1c(O)c(O)c(C(=O)OBr)c(CC)c1CC. The highest BCUT2D eigenvalue weighted by Crippen LogP contribution is 2.40. The van der Waals surface area contributed by atoms with E-state index in [-0.39, 0.29) is 11.3 Å². The van der Waals surface area contributed by atoms with E-state index in [2.05, 4.69) is 20.1 Å². The van der Waals surface area contributed by atoms with Gasteiger partial charge in [0.15, 0.2) is 27.8 Å². The fraction of sp³-hybridized carbons (Fsp3) is 0.462. The molecule has 1 aromatic rings. The van der Waals surface area contributed by atoms with Gasteiger partial charge in [-0.2, -0.15) is 0 Å². The molecule has 0 saturated carbocycles. The third-order valence-corrected chi connectivity index (χ3v) is 3.41. The smallest absolute Gasteiger partial charge is 0.353 e. The number of phenolic OH excluding ortho intramolecular Hbond substituents is 2. The van der Waals surface area contributed by atoms with E-state index in [0.29, 0.717) is 24.8 Å². The van der Waals surface area contributed by atoms with Crippen LogP contribution in [-0.2, 0) is 23.1 Å². The van der Waals surface area contributed by atoms with E-state index in [0.717, 1.165) is 11.1 Å². The number of carbonyl (C=O) groups is 1. The summed E-state index contributed by atoms with van der Waals surface area (Å²) in [5, 5.41) is 20.0. The molecule has 18 heavy (non-hydrogen) atoms. The molecule has 0 aliphatic heterocycles. The standard InChI is InChI=1S/C13H17BrO4/c1-4-7-8(5-2)10(13(17)18-14)12(16)11(15)9(7)6-3/h15-16H,4-6H2,1-3H3. The summed E-state index contributed by atoms with van der Waals surface area (Å²) in [6.07, 6.45) is 1.86. The first-order valence-corrected chi connectivity index (χ1v) is 6.59. The van der Waals surface area contributed by atoms with Gasteiger partial charge in [-0.15, -0.1) is 0 Å². The Morgan fingerprint density at radius 1 is 1.00 bits per heavy atom. The van der Waals surface area contributed by atoms with Crippen molar-refractivity contribution in [2.24, 2.45) is 0 Å². The molecule has 0 saturated heterocycles. The second-order valence-corrected chi connectivity index (χ2v) is 4.26. The number of halogens is 1. The minimum atomic E-state index is -0.697. The van der Waals surface area contributed by atoms with E-state index >= 15 is 0 Å². The summed E-state index contributed by atoms with van der Waals surface area (Å²) in [7, 11) is 0. The lowest BCUT2D eigenvalue weighted by Crippen LogP contribution is -2.09. The number of hydrogen-bond donors (Lipinski definition) is 2. The van der Waals surface area contributed by atoms with Crippen LogP contribution < -0.4 is 0 Å². The Labute approximate surface area is 115 Å². The van der Waals surface area contributed by atoms with Gasteiger partial charge in [0, 0.05) is 5.56 Å². The van der Waals surface area contributed by atoms with Gasteiger partial charge in [-0.25, -0.2) is 4.79 Å². The molecule has 0 amide bonds. The zero-order valence-corrected chi connectivity index (χ0v) is 12.3. The number of carbonyl (C=O) groups excluding carboxylic acids is 1. The van der Waals surface area contributed by atoms with E-state index in [1.165, 1.54) is 0 Å². The monoisotopic (exact) mass is 316 g/mol. The molecule has 0 fully saturated rings. The maximum atomic E-state index is 11.7. The number of hydrogen-bond acceptors (Lipinski definition) is 4. The topological polar surface area (TPSA) is 66.8 Å². The predicted octanol–water partition coefficient (Wildman–Crippen LogP) is 3.25. The average molecular weight is 317 g/mol. The average Bonchev–Trinajstić information content (AvgIpc) is 2.39. The largest absolute Gasteiger partial charge is 0.504 e. The first-order chi connectivity index (χ1) is 8.53. The molecule has 0 aliphatic carbocycles. The Kier molecular flexibility index (Phi) is 5.02. The second kappa shape index (κ2) is 6.09. The molecule has 0 heterocycles. The van der Waals surface area contributed by atoms with Crippen molar-refractivity contribution >= 4 is 22.2 Å². The van der Waals surface area contributed by atoms with Crippen LogP contribution in [0.4, 0.5) is 0 Å². The van der Waals surface area contributed by atoms with E-state index in [1.54, 1.807) is 0 Å². The quantitative estimate of drug-likeness (QED) is 0.837. The molecular formula is C13H17BrO4. The van der Waals surface area contributed by atoms with Crippen molar-refractivity contribution in [2.75, 3.05) is 0 Å². The van der Waals surface area contributed by atoms with Crippen molar-refractivity contribution < 1.29 is 18.8 Å². The number of rotatable bonds is 4. The maximum absolute atomic E-state index is 11.7. The fourth-order valence-corrected chi connectivity index (χ4v) is 2.50. The summed E-state index contributed by atoms with van der Waals surface area (Å²) >= 11 is 2.61. The van der Waals surface area contributed by atoms with Crippen molar-refractivity contribution in [3.63, 3.8) is 0 Å². The van der Waals surface area contributed by atoms with Gasteiger partial charge in [-0.3, -0.25) is 0 Å². The minimum Gasteiger partial charge on any atom is -0.504 e. The Hall–Kier alpha value is -1.23. The van der Waals surface area contributed by atoms with Crippen LogP contribution >= 0.6 is 16.3 Å². The lowest BCUT2D eigenvalue weighted by atomic mass is 9.89. The van der Waals surface area contributed by atoms with Crippen LogP contribution in [0.1, 0.15) is 47.8 Å². The van der Waals surface area contributed by atoms with Crippen molar-refractivity contribution in [1.82, 2.24) is 0 Å². The normalized spacial score (nSPS) is 10.4. The van der Waals surface area contributed by atoms with Crippen LogP contribution in [0.25, 0.3) is 0 Å². The zero-order valence-electron chi connectivity index (χ0n) is 10.7. The maximum Gasteiger partial charge on any atom is 0.353 e. The lowest BCUT2D eigenvalue weighted by molar-refractivity contribution is 0.0776.